The number of ether oxygens (including phenoxy) is 1. The van der Waals surface area contributed by atoms with Crippen LogP contribution in [-0.4, -0.2) is 17.8 Å². The van der Waals surface area contributed by atoms with E-state index < -0.39 is 5.60 Å². The molecule has 2 atom stereocenters. The molecule has 72 valence electrons. The van der Waals surface area contributed by atoms with Gasteiger partial charge in [0, 0.05) is 11.3 Å². The molecule has 1 aliphatic rings. The van der Waals surface area contributed by atoms with Crippen LogP contribution in [0, 0.1) is 6.92 Å². The van der Waals surface area contributed by atoms with Crippen molar-refractivity contribution in [1.29, 1.82) is 0 Å². The number of hydrogen-bond donors (Lipinski definition) is 1. The monoisotopic (exact) mass is 198 g/mol. The molecular formula is C10H14O2S. The molecule has 1 saturated heterocycles. The molecule has 0 radical (unpaired) electrons. The third-order valence-corrected chi connectivity index (χ3v) is 3.62. The van der Waals surface area contributed by atoms with Crippen molar-refractivity contribution in [2.75, 3.05) is 6.61 Å². The van der Waals surface area contributed by atoms with Crippen LogP contribution in [0.25, 0.3) is 0 Å². The van der Waals surface area contributed by atoms with Crippen molar-refractivity contribution < 1.29 is 9.84 Å². The smallest absolute Gasteiger partial charge is 0.118 e. The van der Waals surface area contributed by atoms with Crippen molar-refractivity contribution in [1.82, 2.24) is 0 Å². The van der Waals surface area contributed by atoms with Gasteiger partial charge in [0.15, 0.2) is 0 Å². The highest BCUT2D eigenvalue weighted by atomic mass is 32.1. The SMILES string of the molecule is Cc1cc(C2(O)CCOC2C)cs1. The summed E-state index contributed by atoms with van der Waals surface area (Å²) in [6, 6.07) is 2.05. The molecule has 1 aliphatic heterocycles. The minimum Gasteiger partial charge on any atom is -0.382 e. The lowest BCUT2D eigenvalue weighted by Crippen LogP contribution is -2.32. The predicted molar refractivity (Wildman–Crippen MR) is 53.0 cm³/mol. The first-order chi connectivity index (χ1) is 6.13. The number of aliphatic hydroxyl groups is 1. The van der Waals surface area contributed by atoms with Crippen LogP contribution < -0.4 is 0 Å². The Kier molecular flexibility index (Phi) is 2.18. The minimum atomic E-state index is -0.745. The standard InChI is InChI=1S/C10H14O2S/c1-7-5-9(6-13-7)10(11)3-4-12-8(10)2/h5-6,8,11H,3-4H2,1-2H3. The van der Waals surface area contributed by atoms with Gasteiger partial charge in [0.05, 0.1) is 12.7 Å². The molecule has 0 amide bonds. The molecule has 0 bridgehead atoms. The van der Waals surface area contributed by atoms with Gasteiger partial charge in [-0.3, -0.25) is 0 Å². The third-order valence-electron chi connectivity index (χ3n) is 2.75. The summed E-state index contributed by atoms with van der Waals surface area (Å²) < 4.78 is 5.39. The summed E-state index contributed by atoms with van der Waals surface area (Å²) in [6.07, 6.45) is 0.631. The maximum atomic E-state index is 10.3. The molecule has 2 nitrogen and oxygen atoms in total. The fourth-order valence-electron chi connectivity index (χ4n) is 1.78. The Balaban J connectivity index is 2.33. The second kappa shape index (κ2) is 3.08. The van der Waals surface area contributed by atoms with Crippen molar-refractivity contribution >= 4 is 11.3 Å². The highest BCUT2D eigenvalue weighted by molar-refractivity contribution is 7.10. The minimum absolute atomic E-state index is 0.0819. The molecule has 2 unspecified atom stereocenters. The van der Waals surface area contributed by atoms with Crippen LogP contribution in [0.2, 0.25) is 0 Å². The van der Waals surface area contributed by atoms with Crippen molar-refractivity contribution in [2.24, 2.45) is 0 Å². The van der Waals surface area contributed by atoms with Gasteiger partial charge in [0.2, 0.25) is 0 Å². The summed E-state index contributed by atoms with van der Waals surface area (Å²) in [7, 11) is 0. The third kappa shape index (κ3) is 1.41. The molecule has 13 heavy (non-hydrogen) atoms. The predicted octanol–water partition coefficient (Wildman–Crippen LogP) is 2.05. The lowest BCUT2D eigenvalue weighted by molar-refractivity contribution is -0.0314. The van der Waals surface area contributed by atoms with Gasteiger partial charge < -0.3 is 9.84 Å². The second-order valence-corrected chi connectivity index (χ2v) is 4.75. The Morgan fingerprint density at radius 1 is 1.69 bits per heavy atom. The lowest BCUT2D eigenvalue weighted by Gasteiger charge is -2.24. The topological polar surface area (TPSA) is 29.5 Å². The fraction of sp³-hybridized carbons (Fsp3) is 0.600. The van der Waals surface area contributed by atoms with Crippen LogP contribution in [0.4, 0.5) is 0 Å². The van der Waals surface area contributed by atoms with Gasteiger partial charge in [0.25, 0.3) is 0 Å². The molecule has 1 N–H and O–H groups in total. The molecule has 1 fully saturated rings. The van der Waals surface area contributed by atoms with E-state index in [1.165, 1.54) is 4.88 Å². The van der Waals surface area contributed by atoms with Crippen molar-refractivity contribution in [3.63, 3.8) is 0 Å². The molecule has 3 heteroatoms. The van der Waals surface area contributed by atoms with Gasteiger partial charge in [-0.2, -0.15) is 0 Å². The van der Waals surface area contributed by atoms with Gasteiger partial charge in [-0.25, -0.2) is 0 Å². The largest absolute Gasteiger partial charge is 0.382 e. The first-order valence-corrected chi connectivity index (χ1v) is 5.40. The first kappa shape index (κ1) is 9.19. The van der Waals surface area contributed by atoms with E-state index >= 15 is 0 Å². The van der Waals surface area contributed by atoms with Crippen LogP contribution in [0.5, 0.6) is 0 Å². The van der Waals surface area contributed by atoms with Crippen LogP contribution in [0.1, 0.15) is 23.8 Å². The Labute approximate surface area is 82.2 Å². The summed E-state index contributed by atoms with van der Waals surface area (Å²) in [5.74, 6) is 0. The summed E-state index contributed by atoms with van der Waals surface area (Å²) >= 11 is 1.68. The molecule has 2 rings (SSSR count). The highest BCUT2D eigenvalue weighted by Gasteiger charge is 2.41. The lowest BCUT2D eigenvalue weighted by atomic mass is 9.90. The number of aryl methyl sites for hydroxylation is 1. The molecule has 0 spiro atoms. The maximum absolute atomic E-state index is 10.3. The van der Waals surface area contributed by atoms with E-state index in [0.29, 0.717) is 13.0 Å². The Morgan fingerprint density at radius 3 is 2.92 bits per heavy atom. The zero-order valence-electron chi connectivity index (χ0n) is 7.91. The van der Waals surface area contributed by atoms with Crippen LogP contribution >= 0.6 is 11.3 Å². The average Bonchev–Trinajstić information content (AvgIpc) is 2.62. The van der Waals surface area contributed by atoms with Crippen LogP contribution in [-0.2, 0) is 10.3 Å². The fourth-order valence-corrected chi connectivity index (χ4v) is 2.56. The Bertz CT molecular complexity index is 308. The average molecular weight is 198 g/mol. The quantitative estimate of drug-likeness (QED) is 0.748. The molecule has 0 aliphatic carbocycles. The van der Waals surface area contributed by atoms with Gasteiger partial charge in [-0.15, -0.1) is 11.3 Å². The van der Waals surface area contributed by atoms with E-state index in [4.69, 9.17) is 4.74 Å². The second-order valence-electron chi connectivity index (χ2n) is 3.63. The van der Waals surface area contributed by atoms with E-state index in [0.717, 1.165) is 5.56 Å². The summed E-state index contributed by atoms with van der Waals surface area (Å²) in [6.45, 7) is 4.64. The van der Waals surface area contributed by atoms with Gasteiger partial charge in [-0.1, -0.05) is 0 Å². The van der Waals surface area contributed by atoms with Crippen molar-refractivity contribution in [2.45, 2.75) is 32.0 Å². The van der Waals surface area contributed by atoms with E-state index in [1.807, 2.05) is 12.3 Å². The molecule has 0 saturated carbocycles. The number of thiophene rings is 1. The highest BCUT2D eigenvalue weighted by Crippen LogP contribution is 2.37. The normalized spacial score (nSPS) is 33.9. The summed E-state index contributed by atoms with van der Waals surface area (Å²) in [5, 5.41) is 12.4. The molecule has 0 aromatic carbocycles. The van der Waals surface area contributed by atoms with Gasteiger partial charge in [-0.05, 0) is 30.9 Å². The van der Waals surface area contributed by atoms with E-state index in [1.54, 1.807) is 11.3 Å². The van der Waals surface area contributed by atoms with E-state index in [9.17, 15) is 5.11 Å². The van der Waals surface area contributed by atoms with Gasteiger partial charge >= 0.3 is 0 Å². The van der Waals surface area contributed by atoms with Crippen LogP contribution in [0.3, 0.4) is 0 Å². The number of rotatable bonds is 1. The Hall–Kier alpha value is -0.380. The first-order valence-electron chi connectivity index (χ1n) is 4.52. The zero-order chi connectivity index (χ0) is 9.47. The molecular weight excluding hydrogens is 184 g/mol. The molecule has 1 aromatic heterocycles. The van der Waals surface area contributed by atoms with Gasteiger partial charge in [0.1, 0.15) is 5.60 Å². The molecule has 2 heterocycles. The van der Waals surface area contributed by atoms with Crippen molar-refractivity contribution in [3.8, 4) is 0 Å². The van der Waals surface area contributed by atoms with E-state index in [2.05, 4.69) is 13.0 Å². The molecule has 1 aromatic rings. The maximum Gasteiger partial charge on any atom is 0.118 e. The van der Waals surface area contributed by atoms with E-state index in [-0.39, 0.29) is 6.10 Å². The van der Waals surface area contributed by atoms with Crippen LogP contribution in [0.15, 0.2) is 11.4 Å². The Morgan fingerprint density at radius 2 is 2.46 bits per heavy atom. The summed E-state index contributed by atoms with van der Waals surface area (Å²) in [5.41, 5.74) is 0.269. The van der Waals surface area contributed by atoms with Crippen molar-refractivity contribution in [3.05, 3.63) is 21.9 Å². The number of hydrogen-bond acceptors (Lipinski definition) is 3. The zero-order valence-corrected chi connectivity index (χ0v) is 8.73. The summed E-state index contributed by atoms with van der Waals surface area (Å²) in [4.78, 5) is 1.24.